The molecule has 2 rings (SSSR count). The Morgan fingerprint density at radius 1 is 1.29 bits per heavy atom. The molecule has 1 aromatic carbocycles. The van der Waals surface area contributed by atoms with Gasteiger partial charge in [-0.15, -0.1) is 0 Å². The molecule has 3 N–H and O–H groups in total. The Hall–Kier alpha value is -2.56. The lowest BCUT2D eigenvalue weighted by Gasteiger charge is -2.18. The maximum atomic E-state index is 12.0. The molecular weight excluding hydrogens is 264 g/mol. The highest BCUT2D eigenvalue weighted by Gasteiger charge is 2.12. The number of aromatic nitrogens is 1. The third-order valence-corrected chi connectivity index (χ3v) is 3.21. The van der Waals surface area contributed by atoms with Crippen molar-refractivity contribution in [1.29, 1.82) is 0 Å². The molecule has 5 nitrogen and oxygen atoms in total. The zero-order chi connectivity index (χ0) is 15.4. The first-order chi connectivity index (χ1) is 9.99. The van der Waals surface area contributed by atoms with E-state index in [1.54, 1.807) is 38.5 Å². The zero-order valence-corrected chi connectivity index (χ0v) is 12.5. The molecule has 1 heterocycles. The lowest BCUT2D eigenvalue weighted by atomic mass is 10.1. The minimum Gasteiger partial charge on any atom is -0.397 e. The van der Waals surface area contributed by atoms with Crippen molar-refractivity contribution in [2.24, 2.45) is 0 Å². The normalized spacial score (nSPS) is 11.8. The highest BCUT2D eigenvalue weighted by Crippen LogP contribution is 2.25. The number of anilines is 2. The number of nitrogens with zero attached hydrogens (tertiary/aromatic N) is 2. The van der Waals surface area contributed by atoms with Gasteiger partial charge in [0.1, 0.15) is 0 Å². The molecular formula is C16H20N4O. The van der Waals surface area contributed by atoms with Gasteiger partial charge in [-0.05, 0) is 37.3 Å². The van der Waals surface area contributed by atoms with Crippen molar-refractivity contribution in [3.63, 3.8) is 0 Å². The van der Waals surface area contributed by atoms with E-state index in [9.17, 15) is 4.79 Å². The molecule has 0 radical (unpaired) electrons. The second-order valence-electron chi connectivity index (χ2n) is 5.12. The summed E-state index contributed by atoms with van der Waals surface area (Å²) in [6.45, 7) is 2.00. The summed E-state index contributed by atoms with van der Waals surface area (Å²) in [5.41, 5.74) is 8.85. The molecule has 0 fully saturated rings. The number of hydrogen-bond acceptors (Lipinski definition) is 4. The third kappa shape index (κ3) is 3.51. The van der Waals surface area contributed by atoms with E-state index in [1.807, 2.05) is 25.1 Å². The van der Waals surface area contributed by atoms with Gasteiger partial charge in [0.25, 0.3) is 5.91 Å². The fourth-order valence-electron chi connectivity index (χ4n) is 2.01. The van der Waals surface area contributed by atoms with Gasteiger partial charge < -0.3 is 16.0 Å². The lowest BCUT2D eigenvalue weighted by molar-refractivity contribution is 0.0827. The Labute approximate surface area is 124 Å². The summed E-state index contributed by atoms with van der Waals surface area (Å²) in [6, 6.07) is 11.0. The first-order valence-corrected chi connectivity index (χ1v) is 6.77. The molecule has 1 aromatic heterocycles. The number of carbonyl (C=O) groups is 1. The van der Waals surface area contributed by atoms with Crippen molar-refractivity contribution in [2.45, 2.75) is 13.0 Å². The van der Waals surface area contributed by atoms with Gasteiger partial charge in [-0.1, -0.05) is 6.07 Å². The minimum absolute atomic E-state index is 0.00166. The van der Waals surface area contributed by atoms with Gasteiger partial charge in [0.2, 0.25) is 0 Å². The Morgan fingerprint density at radius 3 is 2.67 bits per heavy atom. The fraction of sp³-hybridized carbons (Fsp3) is 0.250. The average molecular weight is 284 g/mol. The maximum absolute atomic E-state index is 12.0. The van der Waals surface area contributed by atoms with E-state index in [0.29, 0.717) is 11.3 Å². The minimum atomic E-state index is -0.0523. The number of hydrogen-bond donors (Lipinski definition) is 2. The van der Waals surface area contributed by atoms with Gasteiger partial charge in [-0.25, -0.2) is 0 Å². The van der Waals surface area contributed by atoms with Crippen LogP contribution in [0.4, 0.5) is 11.4 Å². The molecule has 0 saturated heterocycles. The topological polar surface area (TPSA) is 71.2 Å². The van der Waals surface area contributed by atoms with Crippen LogP contribution < -0.4 is 11.1 Å². The van der Waals surface area contributed by atoms with Crippen LogP contribution in [0, 0.1) is 0 Å². The van der Waals surface area contributed by atoms with Crippen LogP contribution in [0.2, 0.25) is 0 Å². The molecule has 0 bridgehead atoms. The highest BCUT2D eigenvalue weighted by molar-refractivity contribution is 5.95. The van der Waals surface area contributed by atoms with Crippen LogP contribution in [-0.4, -0.2) is 29.9 Å². The second-order valence-corrected chi connectivity index (χ2v) is 5.12. The van der Waals surface area contributed by atoms with Crippen molar-refractivity contribution < 1.29 is 4.79 Å². The summed E-state index contributed by atoms with van der Waals surface area (Å²) in [5.74, 6) is -0.0523. The van der Waals surface area contributed by atoms with Gasteiger partial charge >= 0.3 is 0 Å². The van der Waals surface area contributed by atoms with E-state index in [1.165, 1.54) is 4.90 Å². The van der Waals surface area contributed by atoms with E-state index >= 15 is 0 Å². The van der Waals surface area contributed by atoms with Crippen molar-refractivity contribution in [3.05, 3.63) is 53.9 Å². The number of carbonyl (C=O) groups excluding carboxylic acids is 1. The van der Waals surface area contributed by atoms with E-state index < -0.39 is 0 Å². The molecule has 0 spiro atoms. The van der Waals surface area contributed by atoms with Gasteiger partial charge in [0.15, 0.2) is 0 Å². The van der Waals surface area contributed by atoms with E-state index in [4.69, 9.17) is 5.73 Å². The monoisotopic (exact) mass is 284 g/mol. The Morgan fingerprint density at radius 2 is 2.05 bits per heavy atom. The Balaban J connectivity index is 2.23. The number of amides is 1. The highest BCUT2D eigenvalue weighted by atomic mass is 16.2. The number of rotatable bonds is 4. The second kappa shape index (κ2) is 6.26. The van der Waals surface area contributed by atoms with E-state index in [-0.39, 0.29) is 11.9 Å². The summed E-state index contributed by atoms with van der Waals surface area (Å²) < 4.78 is 0. The molecule has 2 aromatic rings. The van der Waals surface area contributed by atoms with Crippen LogP contribution in [0.5, 0.6) is 0 Å². The standard InChI is InChI=1S/C16H20N4O/c1-11(14-6-4-5-9-18-14)19-15-10-12(7-8-13(15)17)16(21)20(2)3/h4-11,19H,17H2,1-3H3. The first-order valence-electron chi connectivity index (χ1n) is 6.77. The molecule has 0 aliphatic heterocycles. The number of nitrogens with two attached hydrogens (primary N) is 1. The average Bonchev–Trinajstić information content (AvgIpc) is 2.49. The van der Waals surface area contributed by atoms with E-state index in [2.05, 4.69) is 10.3 Å². The Kier molecular flexibility index (Phi) is 4.42. The van der Waals surface area contributed by atoms with Crippen molar-refractivity contribution in [2.75, 3.05) is 25.1 Å². The van der Waals surface area contributed by atoms with Crippen molar-refractivity contribution in [3.8, 4) is 0 Å². The summed E-state index contributed by atoms with van der Waals surface area (Å²) in [7, 11) is 3.45. The maximum Gasteiger partial charge on any atom is 0.253 e. The molecule has 0 saturated carbocycles. The van der Waals surface area contributed by atoms with Gasteiger partial charge in [0, 0.05) is 25.9 Å². The number of pyridine rings is 1. The van der Waals surface area contributed by atoms with Crippen LogP contribution in [0.25, 0.3) is 0 Å². The summed E-state index contributed by atoms with van der Waals surface area (Å²) in [6.07, 6.45) is 1.75. The molecule has 0 aliphatic carbocycles. The van der Waals surface area contributed by atoms with Crippen LogP contribution in [-0.2, 0) is 0 Å². The molecule has 110 valence electrons. The Bertz CT molecular complexity index is 625. The fourth-order valence-corrected chi connectivity index (χ4v) is 2.01. The first kappa shape index (κ1) is 14.8. The summed E-state index contributed by atoms with van der Waals surface area (Å²) in [5, 5.41) is 3.30. The molecule has 1 atom stereocenters. The number of nitrogens with one attached hydrogen (secondary N) is 1. The molecule has 21 heavy (non-hydrogen) atoms. The van der Waals surface area contributed by atoms with Crippen LogP contribution >= 0.6 is 0 Å². The smallest absolute Gasteiger partial charge is 0.253 e. The van der Waals surface area contributed by atoms with E-state index in [0.717, 1.165) is 11.4 Å². The largest absolute Gasteiger partial charge is 0.397 e. The predicted molar refractivity (Wildman–Crippen MR) is 85.1 cm³/mol. The van der Waals surface area contributed by atoms with Gasteiger partial charge in [-0.3, -0.25) is 9.78 Å². The molecule has 5 heteroatoms. The predicted octanol–water partition coefficient (Wildman–Crippen LogP) is 2.54. The third-order valence-electron chi connectivity index (χ3n) is 3.21. The van der Waals surface area contributed by atoms with Crippen molar-refractivity contribution >= 4 is 17.3 Å². The van der Waals surface area contributed by atoms with Gasteiger partial charge in [-0.2, -0.15) is 0 Å². The van der Waals surface area contributed by atoms with Crippen LogP contribution in [0.15, 0.2) is 42.6 Å². The lowest BCUT2D eigenvalue weighted by Crippen LogP contribution is -2.22. The van der Waals surface area contributed by atoms with Crippen LogP contribution in [0.3, 0.4) is 0 Å². The summed E-state index contributed by atoms with van der Waals surface area (Å²) in [4.78, 5) is 17.9. The molecule has 1 unspecified atom stereocenters. The van der Waals surface area contributed by atoms with Gasteiger partial charge in [0.05, 0.1) is 23.1 Å². The number of nitrogen functional groups attached to an aromatic ring is 1. The van der Waals surface area contributed by atoms with Crippen LogP contribution in [0.1, 0.15) is 29.0 Å². The van der Waals surface area contributed by atoms with Crippen molar-refractivity contribution in [1.82, 2.24) is 9.88 Å². The quantitative estimate of drug-likeness (QED) is 0.846. The number of benzene rings is 1. The SMILES string of the molecule is CC(Nc1cc(C(=O)N(C)C)ccc1N)c1ccccn1. The summed E-state index contributed by atoms with van der Waals surface area (Å²) >= 11 is 0. The molecule has 1 amide bonds. The molecule has 0 aliphatic rings. The zero-order valence-electron chi connectivity index (χ0n) is 12.5.